The summed E-state index contributed by atoms with van der Waals surface area (Å²) >= 11 is 1.57. The molecule has 2 unspecified atom stereocenters. The van der Waals surface area contributed by atoms with Gasteiger partial charge in [0.2, 0.25) is 11.8 Å². The Morgan fingerprint density at radius 1 is 0.971 bits per heavy atom. The summed E-state index contributed by atoms with van der Waals surface area (Å²) in [5.74, 6) is -0.551. The second-order valence-electron chi connectivity index (χ2n) is 17.1. The zero-order valence-electron chi connectivity index (χ0n) is 38.6. The molecule has 354 valence electrons. The van der Waals surface area contributed by atoms with Crippen LogP contribution in [0.1, 0.15) is 74.7 Å². The lowest BCUT2D eigenvalue weighted by atomic mass is 9.91. The van der Waals surface area contributed by atoms with Gasteiger partial charge in [0, 0.05) is 61.3 Å². The Hall–Kier alpha value is -7.22. The number of ether oxygens (including phenoxy) is 3. The number of aliphatic hydroxyl groups is 1. The molecule has 5 atom stereocenters. The van der Waals surface area contributed by atoms with Crippen LogP contribution >= 0.6 is 11.3 Å². The molecule has 0 spiro atoms. The van der Waals surface area contributed by atoms with Crippen molar-refractivity contribution in [1.29, 1.82) is 0 Å². The molecule has 1 aliphatic rings. The van der Waals surface area contributed by atoms with E-state index in [9.17, 15) is 19.5 Å². The number of aromatic nitrogens is 7. The van der Waals surface area contributed by atoms with E-state index >= 15 is 0 Å². The second-order valence-corrected chi connectivity index (χ2v) is 18.0. The Kier molecular flexibility index (Phi) is 14.4. The van der Waals surface area contributed by atoms with Gasteiger partial charge in [-0.2, -0.15) is 5.10 Å². The van der Waals surface area contributed by atoms with E-state index in [2.05, 4.69) is 30.8 Å². The quantitative estimate of drug-likeness (QED) is 0.0790. The van der Waals surface area contributed by atoms with Gasteiger partial charge in [0.15, 0.2) is 18.4 Å². The standard InChI is InChI=1S/C49H54N10O8S/c1-28(2)45(49(63)58-25-36(60)19-40(58)48(62)53-29(3)32-11-13-33(14-12-32)46-30(4)51-26-68-46)42-21-43(56-67-42)65-18-17-57-23-34(15-16-44(57)61)31(5)59-24-35(22-52-59)38-20-39(54-55-47(38)50)37-9-7-8-10-41(37)66-27-64-6/h7-16,20-24,26,28-29,31,36,40,45,60H,17-19,25,27H2,1-6H3,(H2,50,55)(H,53,62)/t29-,31?,36+,40-,45?/m0/s1. The minimum atomic E-state index is -0.882. The maximum absolute atomic E-state index is 14.3. The number of hydrogen-bond donors (Lipinski definition) is 3. The lowest BCUT2D eigenvalue weighted by Crippen LogP contribution is -2.48. The first kappa shape index (κ1) is 47.3. The monoisotopic (exact) mass is 942 g/mol. The smallest absolute Gasteiger partial charge is 0.254 e. The van der Waals surface area contributed by atoms with Crippen LogP contribution in [0.3, 0.4) is 0 Å². The number of carbonyl (C=O) groups is 2. The largest absolute Gasteiger partial charge is 0.474 e. The highest BCUT2D eigenvalue weighted by atomic mass is 32.1. The third-order valence-electron chi connectivity index (χ3n) is 12.1. The molecule has 0 radical (unpaired) electrons. The summed E-state index contributed by atoms with van der Waals surface area (Å²) in [6, 6.07) is 20.5. The van der Waals surface area contributed by atoms with Gasteiger partial charge < -0.3 is 44.4 Å². The van der Waals surface area contributed by atoms with Crippen LogP contribution in [0.15, 0.2) is 106 Å². The van der Waals surface area contributed by atoms with E-state index in [0.29, 0.717) is 17.0 Å². The maximum Gasteiger partial charge on any atom is 0.254 e. The van der Waals surface area contributed by atoms with Gasteiger partial charge in [-0.15, -0.1) is 21.5 Å². The van der Waals surface area contributed by atoms with Crippen LogP contribution in [0, 0.1) is 12.8 Å². The predicted octanol–water partition coefficient (Wildman–Crippen LogP) is 6.42. The first-order valence-electron chi connectivity index (χ1n) is 22.3. The van der Waals surface area contributed by atoms with Crippen molar-refractivity contribution < 1.29 is 33.4 Å². The van der Waals surface area contributed by atoms with Gasteiger partial charge in [-0.3, -0.25) is 19.1 Å². The van der Waals surface area contributed by atoms with Gasteiger partial charge in [0.25, 0.3) is 11.4 Å². The molecule has 1 saturated heterocycles. The van der Waals surface area contributed by atoms with Crippen LogP contribution in [0.2, 0.25) is 0 Å². The molecule has 1 aliphatic heterocycles. The van der Waals surface area contributed by atoms with Gasteiger partial charge in [0.1, 0.15) is 24.3 Å². The van der Waals surface area contributed by atoms with Crippen molar-refractivity contribution in [3.05, 3.63) is 130 Å². The van der Waals surface area contributed by atoms with Crippen LogP contribution in [0.4, 0.5) is 5.82 Å². The topological polar surface area (TPSA) is 228 Å². The van der Waals surface area contributed by atoms with Gasteiger partial charge in [-0.25, -0.2) is 4.98 Å². The van der Waals surface area contributed by atoms with Crippen LogP contribution in [0.5, 0.6) is 11.6 Å². The summed E-state index contributed by atoms with van der Waals surface area (Å²) < 4.78 is 25.8. The average Bonchev–Trinajstić information content (AvgIpc) is 4.17. The number of nitrogens with zero attached hydrogens (tertiary/aromatic N) is 8. The normalized spacial score (nSPS) is 16.1. The molecule has 5 aromatic heterocycles. The van der Waals surface area contributed by atoms with Gasteiger partial charge in [0.05, 0.1) is 52.7 Å². The lowest BCUT2D eigenvalue weighted by molar-refractivity contribution is -0.141. The number of rotatable bonds is 18. The zero-order valence-corrected chi connectivity index (χ0v) is 39.4. The fourth-order valence-electron chi connectivity index (χ4n) is 8.35. The van der Waals surface area contributed by atoms with E-state index in [1.165, 1.54) is 11.0 Å². The average molecular weight is 943 g/mol. The first-order valence-corrected chi connectivity index (χ1v) is 23.2. The van der Waals surface area contributed by atoms with Gasteiger partial charge in [-0.05, 0) is 72.8 Å². The molecule has 6 heterocycles. The minimum absolute atomic E-state index is 0.00225. The molecule has 0 saturated carbocycles. The molecule has 1 fully saturated rings. The number of nitrogens with two attached hydrogens (primary N) is 1. The number of benzene rings is 2. The van der Waals surface area contributed by atoms with Crippen LogP contribution in [0.25, 0.3) is 32.8 Å². The number of pyridine rings is 1. The van der Waals surface area contributed by atoms with E-state index in [1.54, 1.807) is 52.2 Å². The molecule has 68 heavy (non-hydrogen) atoms. The Morgan fingerprint density at radius 3 is 2.50 bits per heavy atom. The number of amides is 2. The number of likely N-dealkylation sites (tertiary alicyclic amines) is 1. The number of hydrogen-bond acceptors (Lipinski definition) is 15. The molecule has 2 aromatic carbocycles. The Bertz CT molecular complexity index is 2930. The van der Waals surface area contributed by atoms with Crippen molar-refractivity contribution in [3.8, 4) is 44.5 Å². The predicted molar refractivity (Wildman–Crippen MR) is 255 cm³/mol. The van der Waals surface area contributed by atoms with Crippen LogP contribution in [-0.2, 0) is 20.9 Å². The van der Waals surface area contributed by atoms with Crippen LogP contribution in [-0.4, -0.2) is 95.7 Å². The first-order chi connectivity index (χ1) is 32.8. The van der Waals surface area contributed by atoms with Crippen LogP contribution < -0.4 is 26.1 Å². The number of nitrogen functional groups attached to an aromatic ring is 1. The molecule has 19 heteroatoms. The van der Waals surface area contributed by atoms with E-state index < -0.39 is 18.1 Å². The van der Waals surface area contributed by atoms with Crippen molar-refractivity contribution in [2.75, 3.05) is 32.8 Å². The number of aliphatic hydroxyl groups excluding tert-OH is 1. The number of para-hydroxylation sites is 1. The third-order valence-corrected chi connectivity index (χ3v) is 13.1. The third kappa shape index (κ3) is 10.3. The molecule has 18 nitrogen and oxygen atoms in total. The maximum atomic E-state index is 14.3. The number of anilines is 1. The molecule has 0 aliphatic carbocycles. The molecule has 4 N–H and O–H groups in total. The molecule has 8 rings (SSSR count). The summed E-state index contributed by atoms with van der Waals surface area (Å²) in [4.78, 5) is 47.9. The van der Waals surface area contributed by atoms with Crippen molar-refractivity contribution >= 4 is 29.0 Å². The van der Waals surface area contributed by atoms with E-state index in [4.69, 9.17) is 24.5 Å². The Balaban J connectivity index is 0.891. The fraction of sp³-hybridized carbons (Fsp3) is 0.347. The molecular formula is C49H54N10O8S. The SMILES string of the molecule is COCOc1ccccc1-c1cc(-c2cnn(C(C)c3ccc(=O)n(CCOc4cc(C(C(=O)N5C[C@H](O)C[C@H]5C(=O)N[C@@H](C)c5ccc(-c6scnc6C)cc5)C(C)C)on4)c3)c2)c(N)nn1. The Morgan fingerprint density at radius 2 is 1.75 bits per heavy atom. The van der Waals surface area contributed by atoms with Gasteiger partial charge >= 0.3 is 0 Å². The summed E-state index contributed by atoms with van der Waals surface area (Å²) in [7, 11) is 1.55. The number of β-amino-alcohol motifs (C(OH)–C–C–N with tert-alkyl or cyclic N) is 1. The minimum Gasteiger partial charge on any atom is -0.474 e. The summed E-state index contributed by atoms with van der Waals surface area (Å²) in [5, 5.41) is 31.0. The van der Waals surface area contributed by atoms with Crippen molar-refractivity contribution in [2.45, 2.75) is 77.7 Å². The number of aryl methyl sites for hydroxylation is 1. The summed E-state index contributed by atoms with van der Waals surface area (Å²) in [5.41, 5.74) is 14.3. The zero-order chi connectivity index (χ0) is 48.1. The highest BCUT2D eigenvalue weighted by Gasteiger charge is 2.43. The fourth-order valence-corrected chi connectivity index (χ4v) is 9.17. The molecule has 2 amide bonds. The van der Waals surface area contributed by atoms with Crippen molar-refractivity contribution in [3.63, 3.8) is 0 Å². The second kappa shape index (κ2) is 20.7. The van der Waals surface area contributed by atoms with Crippen molar-refractivity contribution in [1.82, 2.24) is 44.9 Å². The number of carbonyl (C=O) groups excluding carboxylic acids is 2. The van der Waals surface area contributed by atoms with Crippen molar-refractivity contribution in [2.24, 2.45) is 5.92 Å². The number of thiazole rings is 1. The van der Waals surface area contributed by atoms with E-state index in [-0.39, 0.29) is 85.7 Å². The highest BCUT2D eigenvalue weighted by Crippen LogP contribution is 2.35. The van der Waals surface area contributed by atoms with Gasteiger partial charge in [-0.1, -0.05) is 50.2 Å². The molecule has 7 aromatic rings. The number of nitrogens with one attached hydrogen (secondary N) is 1. The molecular weight excluding hydrogens is 889 g/mol. The van der Waals surface area contributed by atoms with E-state index in [0.717, 1.165) is 38.4 Å². The summed E-state index contributed by atoms with van der Waals surface area (Å²) in [6.45, 7) is 9.91. The van der Waals surface area contributed by atoms with E-state index in [1.807, 2.05) is 101 Å². The highest BCUT2D eigenvalue weighted by molar-refractivity contribution is 7.13. The number of methoxy groups -OCH3 is 1. The molecule has 0 bridgehead atoms. The lowest BCUT2D eigenvalue weighted by Gasteiger charge is -2.29. The Labute approximate surface area is 396 Å². The summed E-state index contributed by atoms with van der Waals surface area (Å²) in [6.07, 6.45) is 4.55.